The van der Waals surface area contributed by atoms with E-state index >= 15 is 0 Å². The highest BCUT2D eigenvalue weighted by atomic mass is 16.6. The Morgan fingerprint density at radius 1 is 1.75 bits per heavy atom. The highest BCUT2D eigenvalue weighted by molar-refractivity contribution is 5.20. The lowest BCUT2D eigenvalue weighted by Crippen LogP contribution is -2.02. The fourth-order valence-corrected chi connectivity index (χ4v) is 0.857. The summed E-state index contributed by atoms with van der Waals surface area (Å²) in [5.41, 5.74) is 0.0382. The fraction of sp³-hybridized carbons (Fsp3) is 0.429. The number of hydrogen-bond donors (Lipinski definition) is 0. The molecule has 1 radical (unpaired) electrons. The predicted molar refractivity (Wildman–Crippen MR) is 43.5 cm³/mol. The topological polar surface area (TPSA) is 61.0 Å². The first kappa shape index (κ1) is 8.70. The van der Waals surface area contributed by atoms with Gasteiger partial charge in [-0.3, -0.25) is 14.8 Å². The molecule has 12 heavy (non-hydrogen) atoms. The van der Waals surface area contributed by atoms with Crippen molar-refractivity contribution in [2.75, 3.05) is 0 Å². The van der Waals surface area contributed by atoms with Crippen molar-refractivity contribution in [2.24, 2.45) is 0 Å². The molecule has 0 aromatic carbocycles. The molecule has 0 saturated heterocycles. The SMILES string of the molecule is C[C](C)Cn1cc([N+](=O)[O-])cn1. The van der Waals surface area contributed by atoms with Crippen LogP contribution in [0.2, 0.25) is 0 Å². The Labute approximate surface area is 70.2 Å². The normalized spacial score (nSPS) is 10.6. The summed E-state index contributed by atoms with van der Waals surface area (Å²) in [5.74, 6) is 1.16. The van der Waals surface area contributed by atoms with Crippen LogP contribution >= 0.6 is 0 Å². The molecule has 0 N–H and O–H groups in total. The molecular formula is C7H10N3O2. The lowest BCUT2D eigenvalue weighted by Gasteiger charge is -2.01. The standard InChI is InChI=1S/C7H10N3O2/c1-6(2)4-9-5-7(3-8-9)10(11)12/h3,5H,4H2,1-2H3. The molecule has 0 atom stereocenters. The van der Waals surface area contributed by atoms with Gasteiger partial charge in [0.05, 0.1) is 4.92 Å². The maximum absolute atomic E-state index is 10.2. The van der Waals surface area contributed by atoms with E-state index in [9.17, 15) is 10.1 Å². The van der Waals surface area contributed by atoms with Gasteiger partial charge in [0.15, 0.2) is 0 Å². The Balaban J connectivity index is 2.71. The van der Waals surface area contributed by atoms with Crippen molar-refractivity contribution in [3.63, 3.8) is 0 Å². The molecule has 0 aliphatic carbocycles. The summed E-state index contributed by atoms with van der Waals surface area (Å²) in [6.45, 7) is 4.54. The zero-order valence-electron chi connectivity index (χ0n) is 7.02. The zero-order valence-corrected chi connectivity index (χ0v) is 7.02. The van der Waals surface area contributed by atoms with Crippen molar-refractivity contribution in [3.05, 3.63) is 28.4 Å². The first-order chi connectivity index (χ1) is 5.59. The molecule has 5 heteroatoms. The van der Waals surface area contributed by atoms with Gasteiger partial charge >= 0.3 is 5.69 Å². The van der Waals surface area contributed by atoms with E-state index in [4.69, 9.17) is 0 Å². The summed E-state index contributed by atoms with van der Waals surface area (Å²) < 4.78 is 1.55. The van der Waals surface area contributed by atoms with Gasteiger partial charge in [-0.2, -0.15) is 5.10 Å². The molecule has 1 aromatic heterocycles. The largest absolute Gasteiger partial charge is 0.306 e. The number of hydrogen-bond acceptors (Lipinski definition) is 3. The molecule has 0 amide bonds. The summed E-state index contributed by atoms with van der Waals surface area (Å²) in [4.78, 5) is 9.80. The van der Waals surface area contributed by atoms with Crippen LogP contribution < -0.4 is 0 Å². The average molecular weight is 168 g/mol. The first-order valence-corrected chi connectivity index (χ1v) is 3.55. The van der Waals surface area contributed by atoms with Crippen LogP contribution in [0.3, 0.4) is 0 Å². The van der Waals surface area contributed by atoms with Gasteiger partial charge < -0.3 is 0 Å². The Morgan fingerprint density at radius 3 is 2.83 bits per heavy atom. The second-order valence-electron chi connectivity index (χ2n) is 2.86. The van der Waals surface area contributed by atoms with E-state index < -0.39 is 4.92 Å². The minimum absolute atomic E-state index is 0.0382. The Hall–Kier alpha value is -1.39. The van der Waals surface area contributed by atoms with Gasteiger partial charge in [0.25, 0.3) is 0 Å². The molecule has 0 bridgehead atoms. The molecule has 65 valence electrons. The second-order valence-corrected chi connectivity index (χ2v) is 2.86. The molecule has 0 spiro atoms. The first-order valence-electron chi connectivity index (χ1n) is 3.55. The van der Waals surface area contributed by atoms with Crippen molar-refractivity contribution in [1.82, 2.24) is 9.78 Å². The van der Waals surface area contributed by atoms with Crippen molar-refractivity contribution >= 4 is 5.69 Å². The van der Waals surface area contributed by atoms with Crippen LogP contribution in [0.1, 0.15) is 13.8 Å². The third kappa shape index (κ3) is 2.05. The van der Waals surface area contributed by atoms with E-state index in [0.717, 1.165) is 5.92 Å². The predicted octanol–water partition coefficient (Wildman–Crippen LogP) is 1.41. The summed E-state index contributed by atoms with van der Waals surface area (Å²) in [6.07, 6.45) is 2.68. The molecule has 0 unspecified atom stereocenters. The molecule has 1 rings (SSSR count). The Kier molecular flexibility index (Phi) is 2.42. The maximum atomic E-state index is 10.2. The molecular weight excluding hydrogens is 158 g/mol. The lowest BCUT2D eigenvalue weighted by molar-refractivity contribution is -0.385. The minimum atomic E-state index is -0.450. The van der Waals surface area contributed by atoms with Crippen LogP contribution in [0.4, 0.5) is 5.69 Å². The van der Waals surface area contributed by atoms with Gasteiger partial charge in [0.1, 0.15) is 12.4 Å². The van der Waals surface area contributed by atoms with Crippen molar-refractivity contribution in [1.29, 1.82) is 0 Å². The monoisotopic (exact) mass is 168 g/mol. The quantitative estimate of drug-likeness (QED) is 0.506. The molecule has 1 aromatic rings. The van der Waals surface area contributed by atoms with Gasteiger partial charge in [-0.15, -0.1) is 0 Å². The third-order valence-corrected chi connectivity index (χ3v) is 1.31. The average Bonchev–Trinajstić information content (AvgIpc) is 2.34. The summed E-state index contributed by atoms with van der Waals surface area (Å²) in [5, 5.41) is 14.1. The van der Waals surface area contributed by atoms with Gasteiger partial charge in [0, 0.05) is 6.54 Å². The van der Waals surface area contributed by atoms with Gasteiger partial charge in [-0.1, -0.05) is 13.8 Å². The highest BCUT2D eigenvalue weighted by Gasteiger charge is 2.08. The van der Waals surface area contributed by atoms with Crippen molar-refractivity contribution < 1.29 is 4.92 Å². The number of nitrogens with zero attached hydrogens (tertiary/aromatic N) is 3. The molecule has 1 heterocycles. The number of aromatic nitrogens is 2. The van der Waals surface area contributed by atoms with E-state index in [1.165, 1.54) is 12.4 Å². The maximum Gasteiger partial charge on any atom is 0.306 e. The van der Waals surface area contributed by atoms with Crippen LogP contribution in [0.5, 0.6) is 0 Å². The highest BCUT2D eigenvalue weighted by Crippen LogP contribution is 2.09. The molecule has 0 aliphatic heterocycles. The number of rotatable bonds is 3. The van der Waals surface area contributed by atoms with E-state index in [0.29, 0.717) is 6.54 Å². The minimum Gasteiger partial charge on any atom is -0.265 e. The third-order valence-electron chi connectivity index (χ3n) is 1.31. The van der Waals surface area contributed by atoms with E-state index in [1.54, 1.807) is 4.68 Å². The van der Waals surface area contributed by atoms with Crippen molar-refractivity contribution in [2.45, 2.75) is 20.4 Å². The van der Waals surface area contributed by atoms with Crippen molar-refractivity contribution in [3.8, 4) is 0 Å². The van der Waals surface area contributed by atoms with Crippen LogP contribution in [-0.2, 0) is 6.54 Å². The molecule has 0 aliphatic rings. The van der Waals surface area contributed by atoms with Gasteiger partial charge in [-0.05, 0) is 5.92 Å². The number of nitro groups is 1. The zero-order chi connectivity index (χ0) is 9.14. The summed E-state index contributed by atoms with van der Waals surface area (Å²) in [7, 11) is 0. The second kappa shape index (κ2) is 3.34. The lowest BCUT2D eigenvalue weighted by atomic mass is 10.2. The van der Waals surface area contributed by atoms with Crippen LogP contribution in [-0.4, -0.2) is 14.7 Å². The van der Waals surface area contributed by atoms with Crippen LogP contribution in [0.15, 0.2) is 12.4 Å². The Morgan fingerprint density at radius 2 is 2.42 bits per heavy atom. The Bertz CT molecular complexity index is 280. The fourth-order valence-electron chi connectivity index (χ4n) is 0.857. The van der Waals surface area contributed by atoms with Crippen LogP contribution in [0.25, 0.3) is 0 Å². The van der Waals surface area contributed by atoms with Crippen LogP contribution in [0, 0.1) is 16.0 Å². The van der Waals surface area contributed by atoms with Gasteiger partial charge in [0.2, 0.25) is 0 Å². The molecule has 0 saturated carbocycles. The van der Waals surface area contributed by atoms with E-state index in [2.05, 4.69) is 5.10 Å². The molecule has 5 nitrogen and oxygen atoms in total. The molecule has 0 fully saturated rings. The van der Waals surface area contributed by atoms with E-state index in [-0.39, 0.29) is 5.69 Å². The summed E-state index contributed by atoms with van der Waals surface area (Å²) in [6, 6.07) is 0. The summed E-state index contributed by atoms with van der Waals surface area (Å²) >= 11 is 0. The smallest absolute Gasteiger partial charge is 0.265 e. The van der Waals surface area contributed by atoms with Gasteiger partial charge in [-0.25, -0.2) is 0 Å². The van der Waals surface area contributed by atoms with E-state index in [1.807, 2.05) is 13.8 Å².